The van der Waals surface area contributed by atoms with E-state index in [-0.39, 0.29) is 44.6 Å². The Morgan fingerprint density at radius 2 is 1.45 bits per heavy atom. The Kier molecular flexibility index (Phi) is 14.8. The zero-order valence-corrected chi connectivity index (χ0v) is 31.5. The van der Waals surface area contributed by atoms with Crippen LogP contribution in [-0.2, 0) is 43.2 Å². The van der Waals surface area contributed by atoms with Crippen LogP contribution in [0.1, 0.15) is 43.5 Å². The zero-order valence-electron chi connectivity index (χ0n) is 30.6. The molecule has 0 saturated carbocycles. The fraction of sp³-hybridized carbons (Fsp3) is 0.378. The number of nitrogens with zero attached hydrogens (tertiary/aromatic N) is 2. The van der Waals surface area contributed by atoms with Gasteiger partial charge in [0, 0.05) is 59.5 Å². The van der Waals surface area contributed by atoms with Gasteiger partial charge in [0.15, 0.2) is 5.96 Å². The lowest BCUT2D eigenvalue weighted by Crippen LogP contribution is -2.60. The van der Waals surface area contributed by atoms with Crippen molar-refractivity contribution in [3.63, 3.8) is 0 Å². The number of hydrogen-bond donors (Lipinski definition) is 11. The van der Waals surface area contributed by atoms with Crippen LogP contribution in [0.5, 0.6) is 0 Å². The smallest absolute Gasteiger partial charge is 0.327 e. The number of imidazole rings is 1. The Morgan fingerprint density at radius 1 is 0.836 bits per heavy atom. The molecule has 0 radical (unpaired) electrons. The van der Waals surface area contributed by atoms with Crippen molar-refractivity contribution in [2.24, 2.45) is 22.2 Å². The van der Waals surface area contributed by atoms with E-state index >= 15 is 0 Å². The molecule has 294 valence electrons. The Morgan fingerprint density at radius 3 is 2.11 bits per heavy atom. The number of carboxylic acids is 1. The van der Waals surface area contributed by atoms with E-state index in [0.29, 0.717) is 11.3 Å². The molecule has 13 N–H and O–H groups in total. The maximum atomic E-state index is 14.2. The average molecular weight is 776 g/mol. The standard InChI is InChI=1S/C37H49N11O6S/c1-37(2,55)30(35(53)54)48-34(52)29(16-22-18-43-26-12-7-6-11-24(22)26)47-32(50)27(13-8-14-42-36(39)40)45-33(51)28(15-21-9-4-3-5-10-21)46-31(49)25(38)17-23-19-41-20-44-23/h3-7,9-12,18-20,25,27-30,43,55H,8,13-17,38H2,1-2H3,(H,41,44)(H,45,51)(H,46,49)(H,47,50)(H,48,52)(H,53,54)(H4,39,40,42)/t25-,27-,28+,29-,30+/m0/s1. The summed E-state index contributed by atoms with van der Waals surface area (Å²) in [6.45, 7) is 3.21. The van der Waals surface area contributed by atoms with Crippen LogP contribution in [0.2, 0.25) is 0 Å². The number of rotatable bonds is 20. The molecule has 17 nitrogen and oxygen atoms in total. The van der Waals surface area contributed by atoms with Crippen LogP contribution in [0.25, 0.3) is 10.9 Å². The number of hydrogen-bond acceptors (Lipinski definition) is 9. The fourth-order valence-electron chi connectivity index (χ4n) is 5.89. The first-order chi connectivity index (χ1) is 26.1. The summed E-state index contributed by atoms with van der Waals surface area (Å²) in [5, 5.41) is 21.5. The van der Waals surface area contributed by atoms with Crippen LogP contribution in [0.3, 0.4) is 0 Å². The Hall–Kier alpha value is -5.88. The van der Waals surface area contributed by atoms with Gasteiger partial charge in [-0.15, -0.1) is 0 Å². The molecule has 0 aliphatic heterocycles. The van der Waals surface area contributed by atoms with Gasteiger partial charge in [0.1, 0.15) is 24.2 Å². The Labute approximate surface area is 323 Å². The number of para-hydroxylation sites is 1. The Bertz CT molecular complexity index is 1940. The lowest BCUT2D eigenvalue weighted by atomic mass is 10.00. The second kappa shape index (κ2) is 19.4. The first-order valence-corrected chi connectivity index (χ1v) is 18.1. The van der Waals surface area contributed by atoms with Crippen LogP contribution in [-0.4, -0.2) is 97.1 Å². The summed E-state index contributed by atoms with van der Waals surface area (Å²) < 4.78 is -1.17. The SMILES string of the molecule is CC(C)(S)[C@H](NC(=O)[C@H](Cc1c[nH]c2ccccc12)NC(=O)[C@H](CCCN=C(N)N)NC(=O)[C@@H](Cc1ccccc1)NC(=O)[C@@H](N)Cc1cnc[nH]1)C(=O)O. The number of nitrogens with two attached hydrogens (primary N) is 3. The molecule has 0 aliphatic carbocycles. The first kappa shape index (κ1) is 41.9. The normalized spacial score (nSPS) is 14.1. The molecule has 5 atom stereocenters. The molecule has 18 heteroatoms. The number of fused-ring (bicyclic) bond motifs is 1. The van der Waals surface area contributed by atoms with Crippen molar-refractivity contribution < 1.29 is 29.1 Å². The third-order valence-electron chi connectivity index (χ3n) is 8.80. The molecule has 2 aromatic carbocycles. The molecule has 2 aromatic heterocycles. The van der Waals surface area contributed by atoms with Crippen LogP contribution in [0, 0.1) is 0 Å². The van der Waals surface area contributed by atoms with Gasteiger partial charge < -0.3 is 53.5 Å². The highest BCUT2D eigenvalue weighted by Gasteiger charge is 2.37. The van der Waals surface area contributed by atoms with Crippen LogP contribution in [0.4, 0.5) is 0 Å². The van der Waals surface area contributed by atoms with Gasteiger partial charge in [-0.25, -0.2) is 9.78 Å². The van der Waals surface area contributed by atoms with E-state index in [9.17, 15) is 29.1 Å². The van der Waals surface area contributed by atoms with E-state index in [2.05, 4.69) is 53.8 Å². The van der Waals surface area contributed by atoms with Gasteiger partial charge in [0.2, 0.25) is 23.6 Å². The minimum atomic E-state index is -1.41. The van der Waals surface area contributed by atoms with Gasteiger partial charge in [0.25, 0.3) is 0 Å². The number of aliphatic imine (C=N–C) groups is 1. The minimum absolute atomic E-state index is 0.0303. The predicted molar refractivity (Wildman–Crippen MR) is 211 cm³/mol. The molecule has 0 unspecified atom stereocenters. The van der Waals surface area contributed by atoms with Crippen molar-refractivity contribution in [3.8, 4) is 0 Å². The second-order valence-electron chi connectivity index (χ2n) is 13.7. The maximum Gasteiger partial charge on any atom is 0.327 e. The number of H-pyrrole nitrogens is 2. The molecule has 0 saturated heterocycles. The molecule has 2 heterocycles. The molecule has 0 fully saturated rings. The molecule has 4 rings (SSSR count). The summed E-state index contributed by atoms with van der Waals surface area (Å²) in [7, 11) is 0. The van der Waals surface area contributed by atoms with Crippen LogP contribution < -0.4 is 38.5 Å². The van der Waals surface area contributed by atoms with Crippen molar-refractivity contribution >= 4 is 59.1 Å². The molecule has 4 aromatic rings. The summed E-state index contributed by atoms with van der Waals surface area (Å²) in [6, 6.07) is 10.2. The van der Waals surface area contributed by atoms with E-state index < -0.39 is 64.6 Å². The van der Waals surface area contributed by atoms with Crippen LogP contribution in [0.15, 0.2) is 78.3 Å². The summed E-state index contributed by atoms with van der Waals surface area (Å²) in [5.74, 6) is -4.28. The van der Waals surface area contributed by atoms with E-state index in [1.165, 1.54) is 6.33 Å². The number of carbonyl (C=O) groups is 5. The molecular weight excluding hydrogens is 727 g/mol. The number of aromatic nitrogens is 3. The number of guanidine groups is 1. The lowest BCUT2D eigenvalue weighted by Gasteiger charge is -2.30. The van der Waals surface area contributed by atoms with Gasteiger partial charge in [-0.1, -0.05) is 48.5 Å². The zero-order chi connectivity index (χ0) is 40.1. The number of aliphatic carboxylic acids is 1. The van der Waals surface area contributed by atoms with Gasteiger partial charge in [-0.2, -0.15) is 12.6 Å². The van der Waals surface area contributed by atoms with E-state index in [4.69, 9.17) is 17.2 Å². The van der Waals surface area contributed by atoms with Crippen molar-refractivity contribution in [1.82, 2.24) is 36.2 Å². The van der Waals surface area contributed by atoms with E-state index in [1.807, 2.05) is 30.3 Å². The summed E-state index contributed by atoms with van der Waals surface area (Å²) in [5.41, 5.74) is 20.0. The van der Waals surface area contributed by atoms with Gasteiger partial charge in [0.05, 0.1) is 12.4 Å². The molecule has 0 bridgehead atoms. The number of benzene rings is 2. The number of thiol groups is 1. The number of nitrogens with one attached hydrogen (secondary N) is 6. The molecule has 0 spiro atoms. The third kappa shape index (κ3) is 12.6. The topological polar surface area (TPSA) is 289 Å². The second-order valence-corrected chi connectivity index (χ2v) is 14.9. The third-order valence-corrected chi connectivity index (χ3v) is 9.06. The summed E-state index contributed by atoms with van der Waals surface area (Å²) in [6.07, 6.45) is 5.16. The molecule has 0 aliphatic rings. The minimum Gasteiger partial charge on any atom is -0.480 e. The Balaban J connectivity index is 1.61. The van der Waals surface area contributed by atoms with Crippen molar-refractivity contribution in [2.75, 3.05) is 6.54 Å². The fourth-order valence-corrected chi connectivity index (χ4v) is 6.07. The largest absolute Gasteiger partial charge is 0.480 e. The monoisotopic (exact) mass is 775 g/mol. The number of carbonyl (C=O) groups excluding carboxylic acids is 4. The van der Waals surface area contributed by atoms with Gasteiger partial charge in [-0.05, 0) is 43.9 Å². The van der Waals surface area contributed by atoms with Crippen molar-refractivity contribution in [3.05, 3.63) is 90.1 Å². The quantitative estimate of drug-likeness (QED) is 0.0248. The first-order valence-electron chi connectivity index (χ1n) is 17.7. The molecule has 4 amide bonds. The van der Waals surface area contributed by atoms with Crippen LogP contribution >= 0.6 is 12.6 Å². The lowest BCUT2D eigenvalue weighted by molar-refractivity contribution is -0.143. The van der Waals surface area contributed by atoms with Gasteiger partial charge in [-0.3, -0.25) is 24.2 Å². The predicted octanol–water partition coefficient (Wildman–Crippen LogP) is 0.0320. The van der Waals surface area contributed by atoms with E-state index in [1.54, 1.807) is 50.5 Å². The number of carboxylic acid groups (broad SMARTS) is 1. The molecule has 55 heavy (non-hydrogen) atoms. The van der Waals surface area contributed by atoms with Gasteiger partial charge >= 0.3 is 5.97 Å². The molecular formula is C37H49N11O6S. The highest BCUT2D eigenvalue weighted by molar-refractivity contribution is 7.81. The van der Waals surface area contributed by atoms with Crippen molar-refractivity contribution in [1.29, 1.82) is 0 Å². The summed E-state index contributed by atoms with van der Waals surface area (Å²) >= 11 is 4.38. The number of amides is 4. The maximum absolute atomic E-state index is 14.2. The summed E-state index contributed by atoms with van der Waals surface area (Å²) in [4.78, 5) is 81.5. The van der Waals surface area contributed by atoms with Crippen molar-refractivity contribution in [2.45, 2.75) is 80.9 Å². The highest BCUT2D eigenvalue weighted by atomic mass is 32.1. The number of aromatic amines is 2. The highest BCUT2D eigenvalue weighted by Crippen LogP contribution is 2.21. The van der Waals surface area contributed by atoms with E-state index in [0.717, 1.165) is 16.5 Å². The average Bonchev–Trinajstić information content (AvgIpc) is 3.80.